The summed E-state index contributed by atoms with van der Waals surface area (Å²) in [5.41, 5.74) is 2.15. The van der Waals surface area contributed by atoms with Crippen molar-refractivity contribution in [3.8, 4) is 5.75 Å². The molecule has 0 bridgehead atoms. The van der Waals surface area contributed by atoms with Crippen molar-refractivity contribution in [3.05, 3.63) is 60.8 Å². The number of allylic oxidation sites excluding steroid dienone is 1. The molecule has 4 rings (SSSR count). The molecule has 0 saturated carbocycles. The lowest BCUT2D eigenvalue weighted by Gasteiger charge is -2.16. The lowest BCUT2D eigenvalue weighted by Crippen LogP contribution is -2.16. The number of ether oxygens (including phenoxy) is 1. The first-order chi connectivity index (χ1) is 12.6. The lowest BCUT2D eigenvalue weighted by atomic mass is 9.95. The number of aromatic nitrogens is 3. The molecular formula is C18H18N4O3S. The summed E-state index contributed by atoms with van der Waals surface area (Å²) in [6, 6.07) is 4.97. The zero-order valence-corrected chi connectivity index (χ0v) is 15.0. The molecule has 3 aromatic rings. The van der Waals surface area contributed by atoms with Crippen LogP contribution in [-0.2, 0) is 10.0 Å². The molecule has 1 aliphatic heterocycles. The van der Waals surface area contributed by atoms with Crippen LogP contribution in [0.5, 0.6) is 5.75 Å². The first-order valence-corrected chi connectivity index (χ1v) is 9.66. The minimum absolute atomic E-state index is 0.0741. The van der Waals surface area contributed by atoms with Gasteiger partial charge in [-0.05, 0) is 24.8 Å². The quantitative estimate of drug-likeness (QED) is 0.758. The molecule has 0 aromatic carbocycles. The van der Waals surface area contributed by atoms with E-state index in [1.807, 2.05) is 12.3 Å². The summed E-state index contributed by atoms with van der Waals surface area (Å²) in [7, 11) is -2.35. The first-order valence-electron chi connectivity index (χ1n) is 8.22. The van der Waals surface area contributed by atoms with E-state index in [9.17, 15) is 8.42 Å². The van der Waals surface area contributed by atoms with E-state index >= 15 is 0 Å². The fraction of sp³-hybridized carbons (Fsp3) is 0.222. The maximum Gasteiger partial charge on any atom is 0.269 e. The van der Waals surface area contributed by atoms with Crippen molar-refractivity contribution < 1.29 is 13.2 Å². The topological polar surface area (TPSA) is 86.1 Å². The summed E-state index contributed by atoms with van der Waals surface area (Å²) in [6.07, 6.45) is 11.0. The standard InChI is InChI=1S/C18H18N4O3S/c1-25-14-9-15(11-20-10-14)26(23,24)22-12-16(13-4-7-19-8-5-13)18-17(22)3-2-6-21-18/h2-4,6-7,9-13,19H,5,8H2,1H3. The number of fused-ring (bicyclic) bond motifs is 1. The zero-order valence-electron chi connectivity index (χ0n) is 14.2. The van der Waals surface area contributed by atoms with Crippen LogP contribution in [0.15, 0.2) is 60.2 Å². The fourth-order valence-electron chi connectivity index (χ4n) is 3.15. The number of nitrogens with one attached hydrogen (secondary N) is 1. The van der Waals surface area contributed by atoms with Crippen LogP contribution in [0.2, 0.25) is 0 Å². The van der Waals surface area contributed by atoms with Gasteiger partial charge in [-0.3, -0.25) is 9.97 Å². The fourth-order valence-corrected chi connectivity index (χ4v) is 4.50. The van der Waals surface area contributed by atoms with E-state index in [4.69, 9.17) is 4.74 Å². The predicted octanol–water partition coefficient (Wildman–Crippen LogP) is 2.27. The summed E-state index contributed by atoms with van der Waals surface area (Å²) >= 11 is 0. The van der Waals surface area contributed by atoms with E-state index in [-0.39, 0.29) is 10.8 Å². The second-order valence-electron chi connectivity index (χ2n) is 6.03. The van der Waals surface area contributed by atoms with E-state index in [1.165, 1.54) is 29.5 Å². The Morgan fingerprint density at radius 1 is 1.35 bits per heavy atom. The van der Waals surface area contributed by atoms with Crippen LogP contribution in [-0.4, -0.2) is 36.0 Å². The summed E-state index contributed by atoms with van der Waals surface area (Å²) < 4.78 is 32.8. The smallest absolute Gasteiger partial charge is 0.269 e. The Bertz CT molecular complexity index is 1090. The Morgan fingerprint density at radius 2 is 2.23 bits per heavy atom. The van der Waals surface area contributed by atoms with Gasteiger partial charge in [0.2, 0.25) is 0 Å². The van der Waals surface area contributed by atoms with E-state index in [1.54, 1.807) is 24.5 Å². The number of hydrogen-bond donors (Lipinski definition) is 1. The van der Waals surface area contributed by atoms with Crippen LogP contribution in [0.3, 0.4) is 0 Å². The SMILES string of the molecule is COc1cncc(S(=O)(=O)n2cc(C3C=CNCC3)c3ncccc32)c1. The van der Waals surface area contributed by atoms with E-state index < -0.39 is 10.0 Å². The Kier molecular flexibility index (Phi) is 4.12. The molecule has 8 heteroatoms. The number of hydrogen-bond acceptors (Lipinski definition) is 6. The van der Waals surface area contributed by atoms with Crippen molar-refractivity contribution in [1.82, 2.24) is 19.3 Å². The van der Waals surface area contributed by atoms with Crippen LogP contribution in [0.1, 0.15) is 17.9 Å². The van der Waals surface area contributed by atoms with Gasteiger partial charge >= 0.3 is 0 Å². The molecule has 134 valence electrons. The Balaban J connectivity index is 1.91. The van der Waals surface area contributed by atoms with Gasteiger partial charge in [-0.2, -0.15) is 0 Å². The molecule has 1 N–H and O–H groups in total. The van der Waals surface area contributed by atoms with Crippen molar-refractivity contribution in [1.29, 1.82) is 0 Å². The van der Waals surface area contributed by atoms with Crippen LogP contribution in [0.25, 0.3) is 11.0 Å². The average molecular weight is 370 g/mol. The Hall–Kier alpha value is -2.87. The van der Waals surface area contributed by atoms with Crippen LogP contribution < -0.4 is 10.1 Å². The minimum atomic E-state index is -3.82. The largest absolute Gasteiger partial charge is 0.495 e. The highest BCUT2D eigenvalue weighted by atomic mass is 32.2. The Morgan fingerprint density at radius 3 is 3.00 bits per heavy atom. The third-order valence-electron chi connectivity index (χ3n) is 4.48. The molecule has 0 spiro atoms. The molecule has 7 nitrogen and oxygen atoms in total. The van der Waals surface area contributed by atoms with Gasteiger partial charge in [0.15, 0.2) is 0 Å². The van der Waals surface area contributed by atoms with Gasteiger partial charge in [-0.1, -0.05) is 6.08 Å². The highest BCUT2D eigenvalue weighted by molar-refractivity contribution is 7.90. The van der Waals surface area contributed by atoms with Crippen molar-refractivity contribution in [2.24, 2.45) is 0 Å². The Labute approximate surface area is 151 Å². The molecule has 0 saturated heterocycles. The van der Waals surface area contributed by atoms with Gasteiger partial charge in [-0.15, -0.1) is 0 Å². The van der Waals surface area contributed by atoms with E-state index in [2.05, 4.69) is 15.3 Å². The molecule has 0 fully saturated rings. The van der Waals surface area contributed by atoms with Gasteiger partial charge in [0.1, 0.15) is 10.6 Å². The molecule has 1 atom stereocenters. The zero-order chi connectivity index (χ0) is 18.1. The third-order valence-corrected chi connectivity index (χ3v) is 6.12. The highest BCUT2D eigenvalue weighted by Crippen LogP contribution is 2.32. The second-order valence-corrected chi connectivity index (χ2v) is 7.84. The van der Waals surface area contributed by atoms with Crippen LogP contribution in [0.4, 0.5) is 0 Å². The normalized spacial score (nSPS) is 17.2. The van der Waals surface area contributed by atoms with Gasteiger partial charge in [0.25, 0.3) is 10.0 Å². The van der Waals surface area contributed by atoms with Gasteiger partial charge < -0.3 is 10.1 Å². The van der Waals surface area contributed by atoms with Crippen LogP contribution >= 0.6 is 0 Å². The van der Waals surface area contributed by atoms with Gasteiger partial charge in [0.05, 0.1) is 24.3 Å². The van der Waals surface area contributed by atoms with E-state index in [0.717, 1.165) is 18.5 Å². The number of nitrogens with zero attached hydrogens (tertiary/aromatic N) is 3. The summed E-state index contributed by atoms with van der Waals surface area (Å²) in [5.74, 6) is 0.510. The third kappa shape index (κ3) is 2.72. The number of rotatable bonds is 4. The molecule has 1 aliphatic rings. The average Bonchev–Trinajstić information content (AvgIpc) is 3.09. The summed E-state index contributed by atoms with van der Waals surface area (Å²) in [6.45, 7) is 0.841. The maximum absolute atomic E-state index is 13.2. The van der Waals surface area contributed by atoms with Crippen molar-refractivity contribution in [2.75, 3.05) is 13.7 Å². The van der Waals surface area contributed by atoms with Crippen molar-refractivity contribution >= 4 is 21.1 Å². The molecule has 4 heterocycles. The van der Waals surface area contributed by atoms with E-state index in [0.29, 0.717) is 16.8 Å². The number of methoxy groups -OCH3 is 1. The molecule has 0 aliphatic carbocycles. The van der Waals surface area contributed by atoms with Gasteiger partial charge in [0, 0.05) is 42.7 Å². The molecule has 1 unspecified atom stereocenters. The number of pyridine rings is 2. The van der Waals surface area contributed by atoms with Crippen molar-refractivity contribution in [2.45, 2.75) is 17.2 Å². The van der Waals surface area contributed by atoms with Gasteiger partial charge in [-0.25, -0.2) is 12.4 Å². The monoisotopic (exact) mass is 370 g/mol. The summed E-state index contributed by atoms with van der Waals surface area (Å²) in [5, 5.41) is 3.16. The van der Waals surface area contributed by atoms with Crippen molar-refractivity contribution in [3.63, 3.8) is 0 Å². The predicted molar refractivity (Wildman–Crippen MR) is 97.6 cm³/mol. The molecular weight excluding hydrogens is 352 g/mol. The minimum Gasteiger partial charge on any atom is -0.495 e. The lowest BCUT2D eigenvalue weighted by molar-refractivity contribution is 0.411. The molecule has 0 amide bonds. The first kappa shape index (κ1) is 16.6. The maximum atomic E-state index is 13.2. The highest BCUT2D eigenvalue weighted by Gasteiger charge is 2.25. The molecule has 3 aromatic heterocycles. The van der Waals surface area contributed by atoms with Crippen LogP contribution in [0, 0.1) is 0 Å². The second kappa shape index (κ2) is 6.45. The molecule has 26 heavy (non-hydrogen) atoms. The molecule has 0 radical (unpaired) electrons. The summed E-state index contributed by atoms with van der Waals surface area (Å²) in [4.78, 5) is 8.48.